The second-order valence-electron chi connectivity index (χ2n) is 8.10. The van der Waals surface area contributed by atoms with Gasteiger partial charge in [-0.1, -0.05) is 108 Å². The number of hydrogen-bond acceptors (Lipinski definition) is 3. The lowest BCUT2D eigenvalue weighted by atomic mass is 10.0. The fourth-order valence-electron chi connectivity index (χ4n) is 3.93. The first kappa shape index (κ1) is 23.3. The summed E-state index contributed by atoms with van der Waals surface area (Å²) in [6, 6.07) is 37.0. The zero-order valence-corrected chi connectivity index (χ0v) is 21.0. The highest BCUT2D eigenvalue weighted by atomic mass is 35.5. The van der Waals surface area contributed by atoms with E-state index in [0.717, 1.165) is 55.4 Å². The molecule has 4 aromatic carbocycles. The Kier molecular flexibility index (Phi) is 7.22. The van der Waals surface area contributed by atoms with Gasteiger partial charge in [0.1, 0.15) is 5.75 Å². The largest absolute Gasteiger partial charge is 0.493 e. The number of thioether (sulfide) groups is 1. The summed E-state index contributed by atoms with van der Waals surface area (Å²) in [4.78, 5) is 5.15. The molecule has 0 atom stereocenters. The fourth-order valence-corrected chi connectivity index (χ4v) is 4.93. The van der Waals surface area contributed by atoms with Crippen molar-refractivity contribution in [3.8, 4) is 34.0 Å². The molecule has 5 rings (SSSR count). The van der Waals surface area contributed by atoms with E-state index in [9.17, 15) is 0 Å². The second-order valence-corrected chi connectivity index (χ2v) is 9.57. The SMILES string of the molecule is Cc1ccc(OCCSc2nc(-c3ccccc3)c(-c3ccccc3)n2-c2ccccc2)cc1Cl. The first-order chi connectivity index (χ1) is 17.2. The Morgan fingerprint density at radius 1 is 0.800 bits per heavy atom. The molecule has 5 heteroatoms. The molecule has 174 valence electrons. The molecule has 0 saturated carbocycles. The highest BCUT2D eigenvalue weighted by molar-refractivity contribution is 7.99. The molecule has 0 fully saturated rings. The first-order valence-corrected chi connectivity index (χ1v) is 12.9. The maximum atomic E-state index is 6.25. The van der Waals surface area contributed by atoms with Gasteiger partial charge in [-0.25, -0.2) is 4.98 Å². The van der Waals surface area contributed by atoms with Crippen LogP contribution in [0.25, 0.3) is 28.2 Å². The van der Waals surface area contributed by atoms with Gasteiger partial charge < -0.3 is 4.74 Å². The Labute approximate surface area is 215 Å². The van der Waals surface area contributed by atoms with E-state index in [0.29, 0.717) is 6.61 Å². The van der Waals surface area contributed by atoms with Crippen molar-refractivity contribution in [2.24, 2.45) is 0 Å². The first-order valence-electron chi connectivity index (χ1n) is 11.5. The molecule has 0 unspecified atom stereocenters. The summed E-state index contributed by atoms with van der Waals surface area (Å²) in [6.07, 6.45) is 0. The summed E-state index contributed by atoms with van der Waals surface area (Å²) in [5.74, 6) is 1.53. The maximum Gasteiger partial charge on any atom is 0.173 e. The molecule has 0 N–H and O–H groups in total. The summed E-state index contributed by atoms with van der Waals surface area (Å²) in [6.45, 7) is 2.53. The third kappa shape index (κ3) is 5.29. The van der Waals surface area contributed by atoms with E-state index >= 15 is 0 Å². The van der Waals surface area contributed by atoms with Crippen LogP contribution in [-0.2, 0) is 0 Å². The van der Waals surface area contributed by atoms with Crippen LogP contribution in [0, 0.1) is 6.92 Å². The lowest BCUT2D eigenvalue weighted by molar-refractivity contribution is 0.344. The van der Waals surface area contributed by atoms with Gasteiger partial charge in [0.25, 0.3) is 0 Å². The third-order valence-corrected chi connectivity index (χ3v) is 6.99. The van der Waals surface area contributed by atoms with Crippen molar-refractivity contribution < 1.29 is 4.74 Å². The Balaban J connectivity index is 1.51. The minimum atomic E-state index is 0.549. The van der Waals surface area contributed by atoms with Crippen molar-refractivity contribution >= 4 is 23.4 Å². The molecule has 1 aromatic heterocycles. The van der Waals surface area contributed by atoms with Gasteiger partial charge in [-0.2, -0.15) is 0 Å². The summed E-state index contributed by atoms with van der Waals surface area (Å²) in [5, 5.41) is 1.65. The zero-order chi connectivity index (χ0) is 24.0. The Hall–Kier alpha value is -3.47. The molecule has 0 radical (unpaired) electrons. The van der Waals surface area contributed by atoms with E-state index in [1.54, 1.807) is 11.8 Å². The molecule has 0 bridgehead atoms. The predicted octanol–water partition coefficient (Wildman–Crippen LogP) is 8.34. The number of ether oxygens (including phenoxy) is 1. The van der Waals surface area contributed by atoms with Crippen LogP contribution in [-0.4, -0.2) is 21.9 Å². The number of imidazole rings is 1. The summed E-state index contributed by atoms with van der Waals surface area (Å²) >= 11 is 7.94. The molecule has 5 aromatic rings. The van der Waals surface area contributed by atoms with E-state index in [-0.39, 0.29) is 0 Å². The smallest absolute Gasteiger partial charge is 0.173 e. The monoisotopic (exact) mass is 496 g/mol. The average molecular weight is 497 g/mol. The minimum absolute atomic E-state index is 0.549. The lowest BCUT2D eigenvalue weighted by Crippen LogP contribution is -2.03. The molecule has 0 aliphatic carbocycles. The molecule has 1 heterocycles. The predicted molar refractivity (Wildman–Crippen MR) is 147 cm³/mol. The summed E-state index contributed by atoms with van der Waals surface area (Å²) in [7, 11) is 0. The van der Waals surface area contributed by atoms with E-state index in [1.807, 2.05) is 43.3 Å². The molecule has 35 heavy (non-hydrogen) atoms. The van der Waals surface area contributed by atoms with Crippen LogP contribution in [0.4, 0.5) is 0 Å². The zero-order valence-electron chi connectivity index (χ0n) is 19.4. The average Bonchev–Trinajstić information content (AvgIpc) is 3.29. The number of hydrogen-bond donors (Lipinski definition) is 0. The van der Waals surface area contributed by atoms with E-state index < -0.39 is 0 Å². The summed E-state index contributed by atoms with van der Waals surface area (Å²) < 4.78 is 8.23. The molecule has 0 aliphatic rings. The lowest BCUT2D eigenvalue weighted by Gasteiger charge is -2.13. The van der Waals surface area contributed by atoms with Crippen LogP contribution < -0.4 is 4.74 Å². The molecule has 0 aliphatic heterocycles. The number of benzene rings is 4. The van der Waals surface area contributed by atoms with E-state index in [1.165, 1.54) is 0 Å². The normalized spacial score (nSPS) is 10.9. The number of para-hydroxylation sites is 1. The van der Waals surface area contributed by atoms with E-state index in [2.05, 4.69) is 77.4 Å². The molecule has 0 spiro atoms. The third-order valence-electron chi connectivity index (χ3n) is 5.68. The van der Waals surface area contributed by atoms with Crippen LogP contribution in [0.1, 0.15) is 5.56 Å². The maximum absolute atomic E-state index is 6.25. The van der Waals surface area contributed by atoms with Crippen LogP contribution in [0.5, 0.6) is 5.75 Å². The van der Waals surface area contributed by atoms with Crippen molar-refractivity contribution in [2.75, 3.05) is 12.4 Å². The van der Waals surface area contributed by atoms with Crippen molar-refractivity contribution in [1.82, 2.24) is 9.55 Å². The van der Waals surface area contributed by atoms with Crippen LogP contribution in [0.15, 0.2) is 114 Å². The van der Waals surface area contributed by atoms with Crippen molar-refractivity contribution in [3.63, 3.8) is 0 Å². The number of nitrogens with zero attached hydrogens (tertiary/aromatic N) is 2. The molecule has 3 nitrogen and oxygen atoms in total. The van der Waals surface area contributed by atoms with Crippen molar-refractivity contribution in [2.45, 2.75) is 12.1 Å². The number of halogens is 1. The van der Waals surface area contributed by atoms with Crippen molar-refractivity contribution in [3.05, 3.63) is 120 Å². The topological polar surface area (TPSA) is 27.1 Å². The van der Waals surface area contributed by atoms with Gasteiger partial charge in [0.15, 0.2) is 5.16 Å². The van der Waals surface area contributed by atoms with Gasteiger partial charge in [-0.15, -0.1) is 0 Å². The van der Waals surface area contributed by atoms with Crippen molar-refractivity contribution in [1.29, 1.82) is 0 Å². The van der Waals surface area contributed by atoms with Crippen LogP contribution in [0.3, 0.4) is 0 Å². The van der Waals surface area contributed by atoms with Gasteiger partial charge in [-0.3, -0.25) is 4.57 Å². The van der Waals surface area contributed by atoms with Gasteiger partial charge in [0.2, 0.25) is 0 Å². The Morgan fingerprint density at radius 3 is 2.09 bits per heavy atom. The molecular formula is C30H25ClN2OS. The van der Waals surface area contributed by atoms with Crippen LogP contribution in [0.2, 0.25) is 5.02 Å². The van der Waals surface area contributed by atoms with Gasteiger partial charge in [-0.05, 0) is 36.8 Å². The highest BCUT2D eigenvalue weighted by Gasteiger charge is 2.21. The number of rotatable bonds is 8. The molecule has 0 saturated heterocycles. The minimum Gasteiger partial charge on any atom is -0.493 e. The highest BCUT2D eigenvalue weighted by Crippen LogP contribution is 2.38. The number of aryl methyl sites for hydroxylation is 1. The fraction of sp³-hybridized carbons (Fsp3) is 0.100. The Morgan fingerprint density at radius 2 is 1.43 bits per heavy atom. The van der Waals surface area contributed by atoms with Crippen LogP contribution >= 0.6 is 23.4 Å². The summed E-state index contributed by atoms with van der Waals surface area (Å²) in [5.41, 5.74) is 6.38. The van der Waals surface area contributed by atoms with Gasteiger partial charge in [0.05, 0.1) is 18.0 Å². The number of aromatic nitrogens is 2. The standard InChI is InChI=1S/C30H25ClN2OS/c1-22-17-18-26(21-27(22)31)34-19-20-35-30-32-28(23-11-5-2-6-12-23)29(24-13-7-3-8-14-24)33(30)25-15-9-4-10-16-25/h2-18,21H,19-20H2,1H3. The van der Waals surface area contributed by atoms with E-state index in [4.69, 9.17) is 21.3 Å². The quantitative estimate of drug-likeness (QED) is 0.159. The molecule has 0 amide bonds. The van der Waals surface area contributed by atoms with Gasteiger partial charge in [0, 0.05) is 27.6 Å². The Bertz CT molecular complexity index is 1400. The second kappa shape index (κ2) is 10.9. The molecular weight excluding hydrogens is 472 g/mol. The van der Waals surface area contributed by atoms with Gasteiger partial charge >= 0.3 is 0 Å².